The fraction of sp³-hybridized carbons (Fsp3) is 0.368. The molecule has 0 unspecified atom stereocenters. The maximum Gasteiger partial charge on any atom is 0.135 e. The van der Waals surface area contributed by atoms with Gasteiger partial charge in [0.15, 0.2) is 0 Å². The average Bonchev–Trinajstić information content (AvgIpc) is 3.38. The van der Waals surface area contributed by atoms with Crippen LogP contribution in [0.4, 0.5) is 0 Å². The SMILES string of the molecule is COc1cccc(-c2csc(C3=C(O)CN(C[C@@H]4CCCO4)C3=N)n2)c1. The van der Waals surface area contributed by atoms with Gasteiger partial charge >= 0.3 is 0 Å². The number of methoxy groups -OCH3 is 1. The Labute approximate surface area is 156 Å². The molecule has 1 fully saturated rings. The van der Waals surface area contributed by atoms with E-state index in [4.69, 9.17) is 14.9 Å². The van der Waals surface area contributed by atoms with Gasteiger partial charge < -0.3 is 19.5 Å². The van der Waals surface area contributed by atoms with Crippen molar-refractivity contribution in [2.24, 2.45) is 0 Å². The molecule has 1 saturated heterocycles. The van der Waals surface area contributed by atoms with Crippen LogP contribution >= 0.6 is 11.3 Å². The first kappa shape index (κ1) is 17.1. The van der Waals surface area contributed by atoms with Gasteiger partial charge in [-0.3, -0.25) is 5.41 Å². The number of benzene rings is 1. The first-order chi connectivity index (χ1) is 12.7. The summed E-state index contributed by atoms with van der Waals surface area (Å²) in [5.74, 6) is 1.31. The van der Waals surface area contributed by atoms with Gasteiger partial charge in [0.1, 0.15) is 22.4 Å². The second-order valence-electron chi connectivity index (χ2n) is 6.46. The summed E-state index contributed by atoms with van der Waals surface area (Å²) < 4.78 is 10.9. The van der Waals surface area contributed by atoms with Crippen LogP contribution in [0.2, 0.25) is 0 Å². The van der Waals surface area contributed by atoms with Crippen molar-refractivity contribution in [2.45, 2.75) is 18.9 Å². The fourth-order valence-electron chi connectivity index (χ4n) is 3.35. The predicted molar refractivity (Wildman–Crippen MR) is 102 cm³/mol. The molecule has 0 aliphatic carbocycles. The molecule has 4 rings (SSSR count). The standard InChI is InChI=1S/C19H21N3O3S/c1-24-13-5-2-4-12(8-13)15-11-26-19(21-15)17-16(23)10-22(18(17)20)9-14-6-3-7-25-14/h2,4-5,8,11,14,20,23H,3,6-7,9-10H2,1H3/t14-/m0/s1. The number of amidine groups is 1. The zero-order valence-electron chi connectivity index (χ0n) is 14.6. The third-order valence-electron chi connectivity index (χ3n) is 4.71. The molecule has 0 amide bonds. The first-order valence-electron chi connectivity index (χ1n) is 8.63. The number of aliphatic hydroxyl groups excluding tert-OH is 1. The third kappa shape index (κ3) is 3.20. The maximum atomic E-state index is 10.4. The van der Waals surface area contributed by atoms with E-state index in [0.29, 0.717) is 29.5 Å². The number of nitrogens with zero attached hydrogens (tertiary/aromatic N) is 2. The van der Waals surface area contributed by atoms with Gasteiger partial charge in [0.05, 0.1) is 31.0 Å². The Morgan fingerprint density at radius 3 is 3.12 bits per heavy atom. The molecule has 1 aromatic heterocycles. The van der Waals surface area contributed by atoms with Crippen LogP contribution in [0, 0.1) is 5.41 Å². The lowest BCUT2D eigenvalue weighted by Crippen LogP contribution is -2.34. The van der Waals surface area contributed by atoms with E-state index in [1.54, 1.807) is 7.11 Å². The first-order valence-corrected chi connectivity index (χ1v) is 9.51. The van der Waals surface area contributed by atoms with Crippen LogP contribution in [-0.4, -0.2) is 53.7 Å². The van der Waals surface area contributed by atoms with Crippen molar-refractivity contribution >= 4 is 22.7 Å². The molecule has 2 aliphatic rings. The topological polar surface area (TPSA) is 78.7 Å². The molecular weight excluding hydrogens is 350 g/mol. The summed E-state index contributed by atoms with van der Waals surface area (Å²) in [6.45, 7) is 1.77. The Balaban J connectivity index is 1.54. The van der Waals surface area contributed by atoms with E-state index in [9.17, 15) is 5.11 Å². The molecular formula is C19H21N3O3S. The van der Waals surface area contributed by atoms with Gasteiger partial charge in [-0.05, 0) is 25.0 Å². The second-order valence-corrected chi connectivity index (χ2v) is 7.31. The van der Waals surface area contributed by atoms with Crippen molar-refractivity contribution in [2.75, 3.05) is 26.8 Å². The largest absolute Gasteiger partial charge is 0.510 e. The summed E-state index contributed by atoms with van der Waals surface area (Å²) in [5, 5.41) is 21.5. The summed E-state index contributed by atoms with van der Waals surface area (Å²) in [4.78, 5) is 6.52. The number of hydrogen-bond donors (Lipinski definition) is 2. The van der Waals surface area contributed by atoms with Crippen molar-refractivity contribution < 1.29 is 14.6 Å². The molecule has 2 aromatic rings. The number of aromatic nitrogens is 1. The Morgan fingerprint density at radius 1 is 1.46 bits per heavy atom. The average molecular weight is 371 g/mol. The highest BCUT2D eigenvalue weighted by Crippen LogP contribution is 2.33. The number of ether oxygens (including phenoxy) is 2. The van der Waals surface area contributed by atoms with Gasteiger partial charge in [-0.2, -0.15) is 0 Å². The minimum Gasteiger partial charge on any atom is -0.510 e. The predicted octanol–water partition coefficient (Wildman–Crippen LogP) is 3.56. The summed E-state index contributed by atoms with van der Waals surface area (Å²) in [7, 11) is 1.64. The van der Waals surface area contributed by atoms with Gasteiger partial charge in [-0.1, -0.05) is 12.1 Å². The highest BCUT2D eigenvalue weighted by Gasteiger charge is 2.32. The molecule has 7 heteroatoms. The number of rotatable bonds is 5. The molecule has 136 valence electrons. The summed E-state index contributed by atoms with van der Waals surface area (Å²) >= 11 is 1.44. The number of hydrogen-bond acceptors (Lipinski definition) is 6. The monoisotopic (exact) mass is 371 g/mol. The smallest absolute Gasteiger partial charge is 0.135 e. The second kappa shape index (κ2) is 7.09. The van der Waals surface area contributed by atoms with Crippen molar-refractivity contribution in [3.05, 3.63) is 40.4 Å². The lowest BCUT2D eigenvalue weighted by Gasteiger charge is -2.21. The summed E-state index contributed by atoms with van der Waals surface area (Å²) in [6, 6.07) is 7.71. The fourth-order valence-corrected chi connectivity index (χ4v) is 4.25. The van der Waals surface area contributed by atoms with E-state index in [1.165, 1.54) is 11.3 Å². The minimum absolute atomic E-state index is 0.145. The molecule has 6 nitrogen and oxygen atoms in total. The number of nitrogens with one attached hydrogen (secondary N) is 1. The molecule has 2 N–H and O–H groups in total. The summed E-state index contributed by atoms with van der Waals surface area (Å²) in [6.07, 6.45) is 2.22. The van der Waals surface area contributed by atoms with E-state index in [0.717, 1.165) is 36.5 Å². The van der Waals surface area contributed by atoms with E-state index in [1.807, 2.05) is 34.5 Å². The van der Waals surface area contributed by atoms with Gasteiger partial charge in [0, 0.05) is 24.1 Å². The molecule has 3 heterocycles. The van der Waals surface area contributed by atoms with Crippen molar-refractivity contribution in [3.8, 4) is 17.0 Å². The lowest BCUT2D eigenvalue weighted by molar-refractivity contribution is 0.0924. The molecule has 0 radical (unpaired) electrons. The van der Waals surface area contributed by atoms with Gasteiger partial charge in [-0.25, -0.2) is 4.98 Å². The molecule has 26 heavy (non-hydrogen) atoms. The van der Waals surface area contributed by atoms with Crippen LogP contribution in [0.5, 0.6) is 5.75 Å². The van der Waals surface area contributed by atoms with Crippen LogP contribution in [0.1, 0.15) is 17.8 Å². The molecule has 1 aromatic carbocycles. The third-order valence-corrected chi connectivity index (χ3v) is 5.57. The van der Waals surface area contributed by atoms with E-state index >= 15 is 0 Å². The lowest BCUT2D eigenvalue weighted by atomic mass is 10.1. The molecule has 0 saturated carbocycles. The van der Waals surface area contributed by atoms with Gasteiger partial charge in [0.2, 0.25) is 0 Å². The highest BCUT2D eigenvalue weighted by atomic mass is 32.1. The normalized spacial score (nSPS) is 20.3. The quantitative estimate of drug-likeness (QED) is 0.840. The zero-order chi connectivity index (χ0) is 18.1. The highest BCUT2D eigenvalue weighted by molar-refractivity contribution is 7.11. The van der Waals surface area contributed by atoms with Crippen molar-refractivity contribution in [1.29, 1.82) is 5.41 Å². The number of thiazole rings is 1. The maximum absolute atomic E-state index is 10.4. The van der Waals surface area contributed by atoms with E-state index in [-0.39, 0.29) is 11.9 Å². The molecule has 1 atom stereocenters. The van der Waals surface area contributed by atoms with E-state index in [2.05, 4.69) is 4.98 Å². The Hall–Kier alpha value is -2.38. The molecule has 2 aliphatic heterocycles. The van der Waals surface area contributed by atoms with Crippen LogP contribution in [0.3, 0.4) is 0 Å². The van der Waals surface area contributed by atoms with Gasteiger partial charge in [0.25, 0.3) is 0 Å². The van der Waals surface area contributed by atoms with E-state index < -0.39 is 0 Å². The molecule has 0 spiro atoms. The van der Waals surface area contributed by atoms with Crippen LogP contribution in [0.15, 0.2) is 35.4 Å². The van der Waals surface area contributed by atoms with Crippen LogP contribution in [-0.2, 0) is 4.74 Å². The van der Waals surface area contributed by atoms with Crippen LogP contribution < -0.4 is 4.74 Å². The Bertz CT molecular complexity index is 855. The Morgan fingerprint density at radius 2 is 2.35 bits per heavy atom. The van der Waals surface area contributed by atoms with Crippen LogP contribution in [0.25, 0.3) is 16.8 Å². The van der Waals surface area contributed by atoms with Crippen molar-refractivity contribution in [3.63, 3.8) is 0 Å². The summed E-state index contributed by atoms with van der Waals surface area (Å²) in [5.41, 5.74) is 2.30. The van der Waals surface area contributed by atoms with Gasteiger partial charge in [-0.15, -0.1) is 11.3 Å². The number of aliphatic hydroxyl groups is 1. The van der Waals surface area contributed by atoms with Crippen molar-refractivity contribution in [1.82, 2.24) is 9.88 Å². The Kier molecular flexibility index (Phi) is 4.65. The minimum atomic E-state index is 0.145. The molecule has 0 bridgehead atoms. The zero-order valence-corrected chi connectivity index (χ0v) is 15.4.